The third-order valence-corrected chi connectivity index (χ3v) is 5.15. The molecule has 0 saturated carbocycles. The zero-order valence-electron chi connectivity index (χ0n) is 14.7. The smallest absolute Gasteiger partial charge is 0.313 e. The highest BCUT2D eigenvalue weighted by molar-refractivity contribution is 5.76. The number of nitrogens with zero attached hydrogens (tertiary/aromatic N) is 1. The van der Waals surface area contributed by atoms with Gasteiger partial charge in [0, 0.05) is 31.3 Å². The van der Waals surface area contributed by atoms with Crippen LogP contribution in [0.4, 0.5) is 0 Å². The Kier molecular flexibility index (Phi) is 5.06. The highest BCUT2D eigenvalue weighted by Crippen LogP contribution is 2.40. The summed E-state index contributed by atoms with van der Waals surface area (Å²) in [6.45, 7) is 3.62. The summed E-state index contributed by atoms with van der Waals surface area (Å²) in [7, 11) is 1.60. The van der Waals surface area contributed by atoms with Crippen molar-refractivity contribution in [3.63, 3.8) is 0 Å². The number of piperidine rings is 1. The zero-order valence-corrected chi connectivity index (χ0v) is 14.7. The lowest BCUT2D eigenvalue weighted by Gasteiger charge is -2.43. The van der Waals surface area contributed by atoms with Crippen molar-refractivity contribution >= 4 is 5.97 Å². The summed E-state index contributed by atoms with van der Waals surface area (Å²) in [5, 5.41) is 20.1. The molecule has 1 saturated heterocycles. The van der Waals surface area contributed by atoms with Gasteiger partial charge >= 0.3 is 5.97 Å². The molecule has 0 spiro atoms. The molecule has 0 unspecified atom stereocenters. The summed E-state index contributed by atoms with van der Waals surface area (Å²) in [6.07, 6.45) is 0.793. The minimum absolute atomic E-state index is 0.191. The number of methoxy groups -OCH3 is 1. The van der Waals surface area contributed by atoms with Crippen LogP contribution in [-0.4, -0.2) is 54.2 Å². The molecule has 2 N–H and O–H groups in total. The summed E-state index contributed by atoms with van der Waals surface area (Å²) in [4.78, 5) is 14.0. The Bertz CT molecular complexity index is 649. The predicted octanol–water partition coefficient (Wildman–Crippen LogP) is 1.86. The Hall–Kier alpha value is -1.99. The van der Waals surface area contributed by atoms with Gasteiger partial charge in [0.1, 0.15) is 11.2 Å². The molecule has 1 fully saturated rings. The number of ether oxygens (including phenoxy) is 3. The van der Waals surface area contributed by atoms with Crippen molar-refractivity contribution < 1.29 is 29.2 Å². The Balaban J connectivity index is 1.82. The maximum Gasteiger partial charge on any atom is 0.313 e. The molecule has 0 amide bonds. The fourth-order valence-corrected chi connectivity index (χ4v) is 3.83. The van der Waals surface area contributed by atoms with Crippen molar-refractivity contribution in [2.75, 3.05) is 27.0 Å². The predicted molar refractivity (Wildman–Crippen MR) is 90.0 cm³/mol. The van der Waals surface area contributed by atoms with Crippen LogP contribution in [0.1, 0.15) is 31.7 Å². The molecule has 2 aliphatic heterocycles. The topological polar surface area (TPSA) is 88.5 Å². The number of carboxylic acid groups (broad SMARTS) is 1. The quantitative estimate of drug-likeness (QED) is 0.809. The number of aliphatic carboxylic acids is 1. The van der Waals surface area contributed by atoms with Gasteiger partial charge in [-0.05, 0) is 18.9 Å². The standard InChI is InChI=1S/C18H25NO6/c1-3-5-18(17(21)22)10-19(6-4-16(18)20)9-12-7-14-15(25-11-24-14)8-13(12)23-2/h7-8,16,20H,3-6,9-11H2,1-2H3,(H,21,22)/t16-,18+/m0/s1. The second-order valence-corrected chi connectivity index (χ2v) is 6.74. The van der Waals surface area contributed by atoms with Gasteiger partial charge in [-0.2, -0.15) is 0 Å². The molecule has 25 heavy (non-hydrogen) atoms. The van der Waals surface area contributed by atoms with Gasteiger partial charge in [0.05, 0.1) is 13.2 Å². The molecule has 1 aromatic carbocycles. The fraction of sp³-hybridized carbons (Fsp3) is 0.611. The van der Waals surface area contributed by atoms with Crippen LogP contribution in [0, 0.1) is 5.41 Å². The van der Waals surface area contributed by atoms with Crippen molar-refractivity contribution in [1.29, 1.82) is 0 Å². The zero-order chi connectivity index (χ0) is 18.0. The number of fused-ring (bicyclic) bond motifs is 1. The van der Waals surface area contributed by atoms with E-state index in [1.54, 1.807) is 13.2 Å². The molecular weight excluding hydrogens is 326 g/mol. The number of hydrogen-bond donors (Lipinski definition) is 2. The van der Waals surface area contributed by atoms with Gasteiger partial charge in [-0.1, -0.05) is 13.3 Å². The summed E-state index contributed by atoms with van der Waals surface area (Å²) in [5.41, 5.74) is -0.199. The Morgan fingerprint density at radius 3 is 2.76 bits per heavy atom. The summed E-state index contributed by atoms with van der Waals surface area (Å²) in [6, 6.07) is 3.68. The first-order chi connectivity index (χ1) is 12.0. The molecule has 3 rings (SSSR count). The maximum atomic E-state index is 11.9. The molecule has 1 aromatic rings. The Morgan fingerprint density at radius 1 is 1.40 bits per heavy atom. The molecule has 7 nitrogen and oxygen atoms in total. The number of carbonyl (C=O) groups is 1. The molecule has 0 aliphatic carbocycles. The molecule has 138 valence electrons. The van der Waals surface area contributed by atoms with E-state index in [1.807, 2.05) is 13.0 Å². The van der Waals surface area contributed by atoms with Crippen molar-refractivity contribution in [1.82, 2.24) is 4.90 Å². The lowest BCUT2D eigenvalue weighted by molar-refractivity contribution is -0.164. The van der Waals surface area contributed by atoms with Gasteiger partial charge in [-0.25, -0.2) is 0 Å². The van der Waals surface area contributed by atoms with Crippen molar-refractivity contribution in [3.05, 3.63) is 17.7 Å². The molecule has 0 bridgehead atoms. The van der Waals surface area contributed by atoms with Gasteiger partial charge in [-0.3, -0.25) is 9.69 Å². The average Bonchev–Trinajstić information content (AvgIpc) is 3.04. The van der Waals surface area contributed by atoms with E-state index >= 15 is 0 Å². The Morgan fingerprint density at radius 2 is 2.12 bits per heavy atom. The number of carboxylic acids is 1. The van der Waals surface area contributed by atoms with E-state index in [9.17, 15) is 15.0 Å². The van der Waals surface area contributed by atoms with E-state index in [0.29, 0.717) is 56.1 Å². The van der Waals surface area contributed by atoms with Crippen LogP contribution in [0.25, 0.3) is 0 Å². The van der Waals surface area contributed by atoms with E-state index in [0.717, 1.165) is 5.56 Å². The van der Waals surface area contributed by atoms with E-state index in [2.05, 4.69) is 4.90 Å². The lowest BCUT2D eigenvalue weighted by Crippen LogP contribution is -2.55. The molecular formula is C18H25NO6. The van der Waals surface area contributed by atoms with Crippen LogP contribution in [-0.2, 0) is 11.3 Å². The first-order valence-corrected chi connectivity index (χ1v) is 8.60. The molecule has 2 heterocycles. The summed E-state index contributed by atoms with van der Waals surface area (Å²) in [5.74, 6) is 1.09. The number of aliphatic hydroxyl groups excluding tert-OH is 1. The van der Waals surface area contributed by atoms with E-state index in [-0.39, 0.29) is 6.79 Å². The van der Waals surface area contributed by atoms with Crippen LogP contribution in [0.2, 0.25) is 0 Å². The molecule has 2 aliphatic rings. The summed E-state index contributed by atoms with van der Waals surface area (Å²) < 4.78 is 16.3. The summed E-state index contributed by atoms with van der Waals surface area (Å²) >= 11 is 0. The van der Waals surface area contributed by atoms with Crippen molar-refractivity contribution in [2.24, 2.45) is 5.41 Å². The maximum absolute atomic E-state index is 11.9. The highest BCUT2D eigenvalue weighted by atomic mass is 16.7. The van der Waals surface area contributed by atoms with Crippen LogP contribution in [0.5, 0.6) is 17.2 Å². The Labute approximate surface area is 147 Å². The van der Waals surface area contributed by atoms with Crippen LogP contribution >= 0.6 is 0 Å². The monoisotopic (exact) mass is 351 g/mol. The fourth-order valence-electron chi connectivity index (χ4n) is 3.83. The van der Waals surface area contributed by atoms with E-state index < -0.39 is 17.5 Å². The molecule has 0 radical (unpaired) electrons. The van der Waals surface area contributed by atoms with Gasteiger partial charge in [0.15, 0.2) is 11.5 Å². The first kappa shape index (κ1) is 17.8. The molecule has 7 heteroatoms. The van der Waals surface area contributed by atoms with Gasteiger partial charge in [0.2, 0.25) is 6.79 Å². The van der Waals surface area contributed by atoms with E-state index in [1.165, 1.54) is 0 Å². The third-order valence-electron chi connectivity index (χ3n) is 5.15. The number of hydrogen-bond acceptors (Lipinski definition) is 6. The molecule has 0 aromatic heterocycles. The number of aliphatic hydroxyl groups is 1. The number of rotatable bonds is 6. The second-order valence-electron chi connectivity index (χ2n) is 6.74. The largest absolute Gasteiger partial charge is 0.496 e. The highest BCUT2D eigenvalue weighted by Gasteiger charge is 2.48. The molecule has 2 atom stereocenters. The second kappa shape index (κ2) is 7.09. The normalized spacial score (nSPS) is 25.8. The van der Waals surface area contributed by atoms with E-state index in [4.69, 9.17) is 14.2 Å². The SMILES string of the molecule is CCC[C@@]1(C(=O)O)CN(Cc2cc3c(cc2OC)OCO3)CC[C@@H]1O. The number of likely N-dealkylation sites (tertiary alicyclic amines) is 1. The third kappa shape index (κ3) is 3.26. The van der Waals surface area contributed by atoms with Crippen LogP contribution in [0.3, 0.4) is 0 Å². The van der Waals surface area contributed by atoms with Gasteiger partial charge in [0.25, 0.3) is 0 Å². The minimum atomic E-state index is -1.11. The van der Waals surface area contributed by atoms with Gasteiger partial charge in [-0.15, -0.1) is 0 Å². The lowest BCUT2D eigenvalue weighted by atomic mass is 9.74. The first-order valence-electron chi connectivity index (χ1n) is 8.60. The average molecular weight is 351 g/mol. The van der Waals surface area contributed by atoms with Gasteiger partial charge < -0.3 is 24.4 Å². The van der Waals surface area contributed by atoms with Crippen molar-refractivity contribution in [2.45, 2.75) is 38.8 Å². The van der Waals surface area contributed by atoms with Crippen molar-refractivity contribution in [3.8, 4) is 17.2 Å². The van der Waals surface area contributed by atoms with Crippen LogP contribution in [0.15, 0.2) is 12.1 Å². The number of benzene rings is 1. The minimum Gasteiger partial charge on any atom is -0.496 e. The van der Waals surface area contributed by atoms with Crippen LogP contribution < -0.4 is 14.2 Å².